The van der Waals surface area contributed by atoms with Crippen molar-refractivity contribution in [2.45, 2.75) is 6.92 Å². The van der Waals surface area contributed by atoms with E-state index in [2.05, 4.69) is 37.2 Å². The van der Waals surface area contributed by atoms with Gasteiger partial charge in [0.2, 0.25) is 0 Å². The zero-order valence-electron chi connectivity index (χ0n) is 10.1. The summed E-state index contributed by atoms with van der Waals surface area (Å²) in [5.41, 5.74) is 1.95. The van der Waals surface area contributed by atoms with E-state index in [1.165, 1.54) is 6.07 Å². The molecule has 0 unspecified atom stereocenters. The fraction of sp³-hybridized carbons (Fsp3) is 0.0714. The Labute approximate surface area is 127 Å². The average Bonchev–Trinajstić information content (AvgIpc) is 2.26. The van der Waals surface area contributed by atoms with E-state index < -0.39 is 0 Å². The quantitative estimate of drug-likeness (QED) is 0.801. The van der Waals surface area contributed by atoms with Crippen LogP contribution in [0.5, 0.6) is 5.75 Å². The number of carbonyl (C=O) groups is 1. The third kappa shape index (κ3) is 3.58. The highest BCUT2D eigenvalue weighted by Crippen LogP contribution is 2.24. The van der Waals surface area contributed by atoms with Gasteiger partial charge in [0.15, 0.2) is 0 Å². The van der Waals surface area contributed by atoms with Gasteiger partial charge in [0.1, 0.15) is 5.75 Å². The van der Waals surface area contributed by atoms with Gasteiger partial charge in [0, 0.05) is 14.6 Å². The van der Waals surface area contributed by atoms with Gasteiger partial charge in [-0.25, -0.2) is 0 Å². The summed E-state index contributed by atoms with van der Waals surface area (Å²) >= 11 is 6.61. The van der Waals surface area contributed by atoms with Crippen molar-refractivity contribution in [3.05, 3.63) is 56.5 Å². The molecule has 2 N–H and O–H groups in total. The van der Waals surface area contributed by atoms with Crippen molar-refractivity contribution in [2.24, 2.45) is 0 Å². The molecule has 2 aromatic rings. The second-order valence-electron chi connectivity index (χ2n) is 4.13. The fourth-order valence-corrected chi connectivity index (χ4v) is 2.66. The summed E-state index contributed by atoms with van der Waals surface area (Å²) in [6.45, 7) is 1.94. The van der Waals surface area contributed by atoms with Crippen molar-refractivity contribution in [3.63, 3.8) is 0 Å². The highest BCUT2D eigenvalue weighted by Gasteiger charge is 2.11. The SMILES string of the molecule is Cc1cc(Br)cc(NC(=O)c2ccc(Br)cc2O)c1. The topological polar surface area (TPSA) is 49.3 Å². The molecule has 0 aliphatic heterocycles. The first-order chi connectivity index (χ1) is 8.95. The van der Waals surface area contributed by atoms with E-state index in [0.29, 0.717) is 5.69 Å². The Hall–Kier alpha value is -1.33. The van der Waals surface area contributed by atoms with Crippen molar-refractivity contribution in [2.75, 3.05) is 5.32 Å². The van der Waals surface area contributed by atoms with Crippen LogP contribution in [0.15, 0.2) is 45.3 Å². The Morgan fingerprint density at radius 3 is 2.47 bits per heavy atom. The van der Waals surface area contributed by atoms with Crippen LogP contribution in [0.25, 0.3) is 0 Å². The second kappa shape index (κ2) is 5.75. The van der Waals surface area contributed by atoms with Gasteiger partial charge >= 0.3 is 0 Å². The molecule has 0 aromatic heterocycles. The van der Waals surface area contributed by atoms with Crippen molar-refractivity contribution in [1.82, 2.24) is 0 Å². The molecule has 0 bridgehead atoms. The Morgan fingerprint density at radius 2 is 1.84 bits per heavy atom. The first-order valence-corrected chi connectivity index (χ1v) is 7.11. The first kappa shape index (κ1) is 14.1. The average molecular weight is 385 g/mol. The Morgan fingerprint density at radius 1 is 1.11 bits per heavy atom. The summed E-state index contributed by atoms with van der Waals surface area (Å²) in [5.74, 6) is -0.402. The van der Waals surface area contributed by atoms with E-state index in [-0.39, 0.29) is 17.2 Å². The molecule has 2 rings (SSSR count). The molecular formula is C14H11Br2NO2. The number of amides is 1. The number of carbonyl (C=O) groups excluding carboxylic acids is 1. The van der Waals surface area contributed by atoms with E-state index in [9.17, 15) is 9.90 Å². The molecule has 0 atom stereocenters. The molecule has 0 saturated carbocycles. The lowest BCUT2D eigenvalue weighted by atomic mass is 10.1. The molecule has 0 spiro atoms. The Bertz CT molecular complexity index is 621. The van der Waals surface area contributed by atoms with Gasteiger partial charge < -0.3 is 10.4 Å². The number of hydrogen-bond donors (Lipinski definition) is 2. The first-order valence-electron chi connectivity index (χ1n) is 5.53. The van der Waals surface area contributed by atoms with Crippen LogP contribution in [-0.4, -0.2) is 11.0 Å². The molecule has 98 valence electrons. The summed E-state index contributed by atoms with van der Waals surface area (Å²) < 4.78 is 1.61. The van der Waals surface area contributed by atoms with Gasteiger partial charge in [0.05, 0.1) is 5.56 Å². The number of hydrogen-bond acceptors (Lipinski definition) is 2. The van der Waals surface area contributed by atoms with Crippen LogP contribution in [0.3, 0.4) is 0 Å². The van der Waals surface area contributed by atoms with Crippen LogP contribution in [0.4, 0.5) is 5.69 Å². The largest absolute Gasteiger partial charge is 0.507 e. The van der Waals surface area contributed by atoms with E-state index in [0.717, 1.165) is 14.5 Å². The van der Waals surface area contributed by atoms with E-state index in [1.54, 1.807) is 18.2 Å². The molecule has 0 radical (unpaired) electrons. The zero-order valence-corrected chi connectivity index (χ0v) is 13.2. The number of nitrogens with one attached hydrogen (secondary N) is 1. The standard InChI is InChI=1S/C14H11Br2NO2/c1-8-4-10(16)6-11(5-8)17-14(19)12-3-2-9(15)7-13(12)18/h2-7,18H,1H3,(H,17,19). The maximum atomic E-state index is 12.1. The summed E-state index contributed by atoms with van der Waals surface area (Å²) in [5, 5.41) is 12.5. The minimum absolute atomic E-state index is 0.0569. The van der Waals surface area contributed by atoms with Gasteiger partial charge in [-0.15, -0.1) is 0 Å². The lowest BCUT2D eigenvalue weighted by molar-refractivity contribution is 0.102. The Kier molecular flexibility index (Phi) is 4.27. The number of halogens is 2. The van der Waals surface area contributed by atoms with Gasteiger partial charge in [0.25, 0.3) is 5.91 Å². The maximum absolute atomic E-state index is 12.1. The summed E-state index contributed by atoms with van der Waals surface area (Å²) in [6.07, 6.45) is 0. The monoisotopic (exact) mass is 383 g/mol. The third-order valence-electron chi connectivity index (χ3n) is 2.50. The molecule has 0 saturated heterocycles. The van der Waals surface area contributed by atoms with Crippen molar-refractivity contribution in [3.8, 4) is 5.75 Å². The molecule has 0 heterocycles. The van der Waals surface area contributed by atoms with Gasteiger partial charge in [-0.2, -0.15) is 0 Å². The molecule has 0 fully saturated rings. The third-order valence-corrected chi connectivity index (χ3v) is 3.46. The van der Waals surface area contributed by atoms with Gasteiger partial charge in [-0.3, -0.25) is 4.79 Å². The van der Waals surface area contributed by atoms with Gasteiger partial charge in [-0.1, -0.05) is 31.9 Å². The molecule has 2 aromatic carbocycles. The fourth-order valence-electron chi connectivity index (χ4n) is 1.70. The number of aromatic hydroxyl groups is 1. The summed E-state index contributed by atoms with van der Waals surface area (Å²) in [6, 6.07) is 10.4. The minimum atomic E-state index is -0.345. The Balaban J connectivity index is 2.25. The minimum Gasteiger partial charge on any atom is -0.507 e. The van der Waals surface area contributed by atoms with Crippen LogP contribution >= 0.6 is 31.9 Å². The maximum Gasteiger partial charge on any atom is 0.259 e. The molecule has 0 aliphatic rings. The van der Waals surface area contributed by atoms with Crippen molar-refractivity contribution in [1.29, 1.82) is 0 Å². The number of rotatable bonds is 2. The number of anilines is 1. The molecule has 0 aliphatic carbocycles. The predicted octanol–water partition coefficient (Wildman–Crippen LogP) is 4.48. The smallest absolute Gasteiger partial charge is 0.259 e. The number of benzene rings is 2. The van der Waals surface area contributed by atoms with Crippen LogP contribution in [0.1, 0.15) is 15.9 Å². The summed E-state index contributed by atoms with van der Waals surface area (Å²) in [7, 11) is 0. The van der Waals surface area contributed by atoms with E-state index in [4.69, 9.17) is 0 Å². The lowest BCUT2D eigenvalue weighted by Crippen LogP contribution is -2.12. The predicted molar refractivity (Wildman–Crippen MR) is 82.6 cm³/mol. The number of aryl methyl sites for hydroxylation is 1. The van der Waals surface area contributed by atoms with Crippen LogP contribution in [0.2, 0.25) is 0 Å². The van der Waals surface area contributed by atoms with E-state index >= 15 is 0 Å². The van der Waals surface area contributed by atoms with Gasteiger partial charge in [-0.05, 0) is 48.9 Å². The normalized spacial score (nSPS) is 10.3. The lowest BCUT2D eigenvalue weighted by Gasteiger charge is -2.08. The van der Waals surface area contributed by atoms with E-state index in [1.807, 2.05) is 19.1 Å². The zero-order chi connectivity index (χ0) is 14.0. The molecule has 19 heavy (non-hydrogen) atoms. The van der Waals surface area contributed by atoms with Crippen LogP contribution in [0, 0.1) is 6.92 Å². The van der Waals surface area contributed by atoms with Crippen molar-refractivity contribution < 1.29 is 9.90 Å². The highest BCUT2D eigenvalue weighted by atomic mass is 79.9. The number of phenols is 1. The molecule has 3 nitrogen and oxygen atoms in total. The van der Waals surface area contributed by atoms with Crippen LogP contribution < -0.4 is 5.32 Å². The number of phenolic OH excluding ortho intramolecular Hbond substituents is 1. The molecule has 1 amide bonds. The second-order valence-corrected chi connectivity index (χ2v) is 5.96. The summed E-state index contributed by atoms with van der Waals surface area (Å²) in [4.78, 5) is 12.1. The molecule has 5 heteroatoms. The van der Waals surface area contributed by atoms with Crippen LogP contribution in [-0.2, 0) is 0 Å². The van der Waals surface area contributed by atoms with Crippen molar-refractivity contribution >= 4 is 43.5 Å². The highest BCUT2D eigenvalue weighted by molar-refractivity contribution is 9.10. The molecular weight excluding hydrogens is 374 g/mol.